The van der Waals surface area contributed by atoms with Gasteiger partial charge in [0.1, 0.15) is 5.82 Å². The lowest BCUT2D eigenvalue weighted by Crippen LogP contribution is -2.50. The molecule has 0 bridgehead atoms. The second-order valence-electron chi connectivity index (χ2n) is 6.37. The number of alkyl halides is 2. The lowest BCUT2D eigenvalue weighted by molar-refractivity contribution is 0.0438. The summed E-state index contributed by atoms with van der Waals surface area (Å²) in [5, 5.41) is 0. The fraction of sp³-hybridized carbons (Fsp3) is 0.350. The Balaban J connectivity index is 1.51. The van der Waals surface area contributed by atoms with Gasteiger partial charge in [0.25, 0.3) is 0 Å². The highest BCUT2D eigenvalue weighted by molar-refractivity contribution is 5.99. The molecule has 1 fully saturated rings. The highest BCUT2D eigenvalue weighted by atomic mass is 19.1. The molecule has 2 unspecified atom stereocenters. The fourth-order valence-electron chi connectivity index (χ4n) is 3.12. The van der Waals surface area contributed by atoms with Crippen molar-refractivity contribution in [1.29, 1.82) is 0 Å². The van der Waals surface area contributed by atoms with Crippen LogP contribution in [0.4, 0.5) is 18.9 Å². The standard InChI is InChI=1S/C20H21F3N2O/c21-16-6-8-17(9-7-16)24-10-12-25(13-11-24)19(23)14-18(22)20(26)15-4-2-1-3-5-15/h1-9,18-19H,10-14H2. The molecule has 1 saturated heterocycles. The van der Waals surface area contributed by atoms with Crippen LogP contribution in [0.25, 0.3) is 0 Å². The van der Waals surface area contributed by atoms with Crippen LogP contribution in [0.15, 0.2) is 54.6 Å². The third kappa shape index (κ3) is 4.43. The molecule has 0 N–H and O–H groups in total. The van der Waals surface area contributed by atoms with Crippen LogP contribution in [0.5, 0.6) is 0 Å². The molecule has 2 aromatic carbocycles. The van der Waals surface area contributed by atoms with Gasteiger partial charge < -0.3 is 4.90 Å². The first-order chi connectivity index (χ1) is 12.5. The third-order valence-electron chi connectivity index (χ3n) is 4.65. The summed E-state index contributed by atoms with van der Waals surface area (Å²) in [5.41, 5.74) is 1.14. The van der Waals surface area contributed by atoms with Gasteiger partial charge in [-0.15, -0.1) is 0 Å². The largest absolute Gasteiger partial charge is 0.369 e. The van der Waals surface area contributed by atoms with Crippen LogP contribution in [0.2, 0.25) is 0 Å². The van der Waals surface area contributed by atoms with E-state index in [-0.39, 0.29) is 11.4 Å². The predicted octanol–water partition coefficient (Wildman–Crippen LogP) is 3.85. The molecule has 0 amide bonds. The molecule has 138 valence electrons. The molecular weight excluding hydrogens is 341 g/mol. The average Bonchev–Trinajstić information content (AvgIpc) is 2.68. The maximum Gasteiger partial charge on any atom is 0.197 e. The van der Waals surface area contributed by atoms with Crippen LogP contribution < -0.4 is 4.90 Å². The number of piperazine rings is 1. The first-order valence-corrected chi connectivity index (χ1v) is 8.66. The van der Waals surface area contributed by atoms with E-state index < -0.39 is 24.7 Å². The summed E-state index contributed by atoms with van der Waals surface area (Å²) in [4.78, 5) is 15.6. The van der Waals surface area contributed by atoms with Crippen molar-refractivity contribution >= 4 is 11.5 Å². The minimum Gasteiger partial charge on any atom is -0.369 e. The van der Waals surface area contributed by atoms with Crippen LogP contribution in [-0.4, -0.2) is 49.3 Å². The molecule has 0 saturated carbocycles. The Morgan fingerprint density at radius 2 is 1.54 bits per heavy atom. The van der Waals surface area contributed by atoms with Gasteiger partial charge in [0.15, 0.2) is 18.3 Å². The van der Waals surface area contributed by atoms with Crippen LogP contribution in [0.3, 0.4) is 0 Å². The van der Waals surface area contributed by atoms with Crippen molar-refractivity contribution in [2.75, 3.05) is 31.1 Å². The molecule has 2 aromatic rings. The second-order valence-corrected chi connectivity index (χ2v) is 6.37. The van der Waals surface area contributed by atoms with E-state index in [4.69, 9.17) is 0 Å². The number of ketones is 1. The highest BCUT2D eigenvalue weighted by Crippen LogP contribution is 2.21. The van der Waals surface area contributed by atoms with Crippen LogP contribution in [-0.2, 0) is 0 Å². The molecule has 6 heteroatoms. The van der Waals surface area contributed by atoms with E-state index in [0.29, 0.717) is 26.2 Å². The van der Waals surface area contributed by atoms with E-state index in [2.05, 4.69) is 0 Å². The third-order valence-corrected chi connectivity index (χ3v) is 4.65. The SMILES string of the molecule is O=C(c1ccccc1)C(F)CC(F)N1CCN(c2ccc(F)cc2)CC1. The number of anilines is 1. The van der Waals surface area contributed by atoms with Gasteiger partial charge in [-0.1, -0.05) is 30.3 Å². The lowest BCUT2D eigenvalue weighted by Gasteiger charge is -2.37. The lowest BCUT2D eigenvalue weighted by atomic mass is 10.0. The van der Waals surface area contributed by atoms with Crippen molar-refractivity contribution in [2.24, 2.45) is 0 Å². The number of hydrogen-bond acceptors (Lipinski definition) is 3. The maximum atomic E-state index is 14.5. The summed E-state index contributed by atoms with van der Waals surface area (Å²) in [6.45, 7) is 1.97. The molecule has 3 nitrogen and oxygen atoms in total. The summed E-state index contributed by atoms with van der Waals surface area (Å²) >= 11 is 0. The zero-order chi connectivity index (χ0) is 18.5. The average molecular weight is 362 g/mol. The summed E-state index contributed by atoms with van der Waals surface area (Å²) in [5.74, 6) is -0.980. The van der Waals surface area contributed by atoms with Gasteiger partial charge in [0.05, 0.1) is 0 Å². The molecule has 0 spiro atoms. The first kappa shape index (κ1) is 18.5. The van der Waals surface area contributed by atoms with Crippen molar-refractivity contribution in [1.82, 2.24) is 4.90 Å². The summed E-state index contributed by atoms with van der Waals surface area (Å²) in [6, 6.07) is 14.3. The monoisotopic (exact) mass is 362 g/mol. The zero-order valence-electron chi connectivity index (χ0n) is 14.3. The van der Waals surface area contributed by atoms with Gasteiger partial charge in [-0.05, 0) is 24.3 Å². The minimum atomic E-state index is -1.86. The Morgan fingerprint density at radius 3 is 2.15 bits per heavy atom. The number of halogens is 3. The minimum absolute atomic E-state index is 0.258. The molecular formula is C20H21F3N2O. The number of hydrogen-bond donors (Lipinski definition) is 0. The highest BCUT2D eigenvalue weighted by Gasteiger charge is 2.29. The molecule has 1 heterocycles. The maximum absolute atomic E-state index is 14.5. The van der Waals surface area contributed by atoms with E-state index in [1.165, 1.54) is 24.3 Å². The normalized spacial score (nSPS) is 17.7. The van der Waals surface area contributed by atoms with Gasteiger partial charge in [-0.25, -0.2) is 13.2 Å². The van der Waals surface area contributed by atoms with Crippen molar-refractivity contribution < 1.29 is 18.0 Å². The predicted molar refractivity (Wildman–Crippen MR) is 95.4 cm³/mol. The fourth-order valence-corrected chi connectivity index (χ4v) is 3.12. The van der Waals surface area contributed by atoms with Gasteiger partial charge >= 0.3 is 0 Å². The van der Waals surface area contributed by atoms with E-state index >= 15 is 0 Å². The quantitative estimate of drug-likeness (QED) is 0.576. The Bertz CT molecular complexity index is 716. The Kier molecular flexibility index (Phi) is 5.93. The zero-order valence-corrected chi connectivity index (χ0v) is 14.3. The molecule has 2 atom stereocenters. The molecule has 1 aliphatic heterocycles. The van der Waals surface area contributed by atoms with Crippen LogP contribution in [0.1, 0.15) is 16.8 Å². The van der Waals surface area contributed by atoms with Gasteiger partial charge in [-0.3, -0.25) is 9.69 Å². The van der Waals surface area contributed by atoms with E-state index in [1.54, 1.807) is 35.2 Å². The van der Waals surface area contributed by atoms with Crippen molar-refractivity contribution in [3.63, 3.8) is 0 Å². The van der Waals surface area contributed by atoms with E-state index in [1.807, 2.05) is 4.90 Å². The Morgan fingerprint density at radius 1 is 0.923 bits per heavy atom. The number of benzene rings is 2. The Hall–Kier alpha value is -2.34. The van der Waals surface area contributed by atoms with Gasteiger partial charge in [0, 0.05) is 43.9 Å². The molecule has 0 radical (unpaired) electrons. The molecule has 0 aliphatic carbocycles. The number of Topliss-reactive ketones (excluding diaryl/α,β-unsaturated/α-hetero) is 1. The molecule has 3 rings (SSSR count). The number of nitrogens with zero attached hydrogens (tertiary/aromatic N) is 2. The van der Waals surface area contributed by atoms with E-state index in [0.717, 1.165) is 5.69 Å². The summed E-state index contributed by atoms with van der Waals surface area (Å²) in [7, 11) is 0. The number of carbonyl (C=O) groups excluding carboxylic acids is 1. The van der Waals surface area contributed by atoms with Crippen LogP contribution >= 0.6 is 0 Å². The van der Waals surface area contributed by atoms with Gasteiger partial charge in [-0.2, -0.15) is 0 Å². The first-order valence-electron chi connectivity index (χ1n) is 8.66. The second kappa shape index (κ2) is 8.36. The topological polar surface area (TPSA) is 23.6 Å². The molecule has 0 aromatic heterocycles. The smallest absolute Gasteiger partial charge is 0.197 e. The van der Waals surface area contributed by atoms with Crippen molar-refractivity contribution in [2.45, 2.75) is 18.9 Å². The number of carbonyl (C=O) groups is 1. The van der Waals surface area contributed by atoms with Gasteiger partial charge in [0.2, 0.25) is 0 Å². The Labute approximate surface area is 151 Å². The molecule has 26 heavy (non-hydrogen) atoms. The van der Waals surface area contributed by atoms with Crippen molar-refractivity contribution in [3.8, 4) is 0 Å². The summed E-state index contributed by atoms with van der Waals surface area (Å²) in [6.07, 6.45) is -3.83. The number of rotatable bonds is 6. The van der Waals surface area contributed by atoms with Crippen LogP contribution in [0, 0.1) is 5.82 Å². The van der Waals surface area contributed by atoms with E-state index in [9.17, 15) is 18.0 Å². The van der Waals surface area contributed by atoms with Crippen molar-refractivity contribution in [3.05, 3.63) is 66.0 Å². The molecule has 1 aliphatic rings. The summed E-state index contributed by atoms with van der Waals surface area (Å²) < 4.78 is 41.7.